The van der Waals surface area contributed by atoms with E-state index in [1.165, 1.54) is 70.7 Å². The molecule has 0 aliphatic heterocycles. The Morgan fingerprint density at radius 3 is 1.14 bits per heavy atom. The van der Waals surface area contributed by atoms with E-state index < -0.39 is 0 Å². The van der Waals surface area contributed by atoms with Gasteiger partial charge in [0.1, 0.15) is 0 Å². The highest BCUT2D eigenvalue weighted by Crippen LogP contribution is 2.53. The van der Waals surface area contributed by atoms with Gasteiger partial charge in [0.15, 0.2) is 11.6 Å². The predicted octanol–water partition coefficient (Wildman–Crippen LogP) is 32.2. The zero-order chi connectivity index (χ0) is 88.0. The molecule has 0 saturated carbocycles. The van der Waals surface area contributed by atoms with Crippen LogP contribution in [0.3, 0.4) is 0 Å². The average Bonchev–Trinajstić information content (AvgIpc) is 1.40. The van der Waals surface area contributed by atoms with Crippen molar-refractivity contribution < 1.29 is 0 Å². The van der Waals surface area contributed by atoms with Crippen LogP contribution >= 0.6 is 0 Å². The molecule has 0 N–H and O–H groups in total. The van der Waals surface area contributed by atoms with Crippen molar-refractivity contribution in [3.63, 3.8) is 0 Å². The lowest BCUT2D eigenvalue weighted by molar-refractivity contribution is 1.22. The van der Waals surface area contributed by atoms with Gasteiger partial charge < -0.3 is 0 Å². The second-order valence-electron chi connectivity index (χ2n) is 35.0. The van der Waals surface area contributed by atoms with E-state index in [-0.39, 0.29) is 0 Å². The normalized spacial score (nSPS) is 11.9. The summed E-state index contributed by atoms with van der Waals surface area (Å²) in [5.74, 6) is 1.35. The number of hydrogen-bond donors (Lipinski definition) is 0. The van der Waals surface area contributed by atoms with Crippen LogP contribution in [0.2, 0.25) is 0 Å². The van der Waals surface area contributed by atoms with Gasteiger partial charge in [-0.25, -0.2) is 39.9 Å². The van der Waals surface area contributed by atoms with Crippen LogP contribution in [0.15, 0.2) is 443 Å². The summed E-state index contributed by atoms with van der Waals surface area (Å²) in [6.45, 7) is 0. The number of pyridine rings is 5. The molecular formula is C125H73N9. The van der Waals surface area contributed by atoms with Gasteiger partial charge in [0.25, 0.3) is 0 Å². The first-order valence-electron chi connectivity index (χ1n) is 45.4. The number of benzene rings is 19. The fraction of sp³-hybridized carbons (Fsp3) is 0. The lowest BCUT2D eigenvalue weighted by Gasteiger charge is -2.15. The number of aromatic nitrogens is 9. The van der Waals surface area contributed by atoms with Gasteiger partial charge >= 0.3 is 0 Å². The van der Waals surface area contributed by atoms with E-state index in [9.17, 15) is 0 Å². The van der Waals surface area contributed by atoms with Crippen LogP contribution in [0.5, 0.6) is 0 Å². The van der Waals surface area contributed by atoms with E-state index in [2.05, 4.69) is 417 Å². The summed E-state index contributed by atoms with van der Waals surface area (Å²) in [5.41, 5.74) is 34.2. The zero-order valence-electron chi connectivity index (χ0n) is 72.2. The van der Waals surface area contributed by atoms with Gasteiger partial charge in [-0.1, -0.05) is 322 Å². The van der Waals surface area contributed by atoms with Crippen molar-refractivity contribution in [3.8, 4) is 168 Å². The summed E-state index contributed by atoms with van der Waals surface area (Å²) in [6, 6.07) is 155. The maximum atomic E-state index is 5.78. The van der Waals surface area contributed by atoms with Crippen molar-refractivity contribution >= 4 is 119 Å². The second-order valence-corrected chi connectivity index (χ2v) is 35.0. The summed E-state index contributed by atoms with van der Waals surface area (Å²) in [6.07, 6.45) is 3.56. The average molecular weight is 1700 g/mol. The van der Waals surface area contributed by atoms with E-state index in [0.717, 1.165) is 205 Å². The van der Waals surface area contributed by atoms with Crippen molar-refractivity contribution in [2.45, 2.75) is 0 Å². The maximum Gasteiger partial charge on any atom is 0.160 e. The summed E-state index contributed by atoms with van der Waals surface area (Å²) in [5, 5.41) is 18.3. The fourth-order valence-corrected chi connectivity index (χ4v) is 20.6. The summed E-state index contributed by atoms with van der Waals surface area (Å²) in [4.78, 5) is 47.5. The van der Waals surface area contributed by atoms with Crippen molar-refractivity contribution in [1.82, 2.24) is 44.9 Å². The highest BCUT2D eigenvalue weighted by atomic mass is 14.9. The Morgan fingerprint density at radius 2 is 0.530 bits per heavy atom. The summed E-state index contributed by atoms with van der Waals surface area (Å²) in [7, 11) is 0. The lowest BCUT2D eigenvalue weighted by Crippen LogP contribution is -1.96. The third-order valence-corrected chi connectivity index (χ3v) is 27.3. The third kappa shape index (κ3) is 12.9. The molecular weight excluding hydrogens is 1630 g/mol. The van der Waals surface area contributed by atoms with Gasteiger partial charge in [0, 0.05) is 89.2 Å². The first kappa shape index (κ1) is 76.0. The third-order valence-electron chi connectivity index (χ3n) is 27.3. The van der Waals surface area contributed by atoms with E-state index in [1.54, 1.807) is 12.4 Å². The van der Waals surface area contributed by atoms with Crippen molar-refractivity contribution in [2.24, 2.45) is 0 Å². The molecule has 0 saturated heterocycles. The molecule has 9 nitrogen and oxygen atoms in total. The van der Waals surface area contributed by atoms with Gasteiger partial charge in [0.05, 0.1) is 67.3 Å². The molecule has 7 aromatic heterocycles. The van der Waals surface area contributed by atoms with Crippen LogP contribution in [0, 0.1) is 0 Å². The number of nitrogens with zero attached hydrogens (tertiary/aromatic N) is 9. The summed E-state index contributed by atoms with van der Waals surface area (Å²) >= 11 is 0. The van der Waals surface area contributed by atoms with E-state index in [4.69, 9.17) is 39.9 Å². The molecule has 1 aliphatic carbocycles. The van der Waals surface area contributed by atoms with E-state index in [1.807, 2.05) is 18.2 Å². The maximum absolute atomic E-state index is 5.78. The van der Waals surface area contributed by atoms with Crippen LogP contribution < -0.4 is 0 Å². The number of hydrogen-bond acceptors (Lipinski definition) is 9. The molecule has 0 unspecified atom stereocenters. The summed E-state index contributed by atoms with van der Waals surface area (Å²) < 4.78 is 0. The van der Waals surface area contributed by atoms with Gasteiger partial charge in [0.2, 0.25) is 0 Å². The smallest absolute Gasteiger partial charge is 0.160 e. The molecule has 9 heteroatoms. The molecule has 0 fully saturated rings. The standard InChI is InChI=1S/C125H73N9/c1-3-18-77(19-4-1)118-110-72-89(48-59-115(110)131-124(133-118)81-61-63-126-64-62-81)85-25-15-27-91(67-85)113-56-46-80-41-40-79-45-55-112(127-120(79)121(80)128-113)90-26-14-24-84(66-90)88-44-51-100-102-33-16-34-103-101(52-53-104(117(102)103)107(100)70-88)108-73-93-49-57-114(92-28-13-23-83(65-92)87-43-50-99-97-31-10-9-29-95(97)96-30-11-12-32-98(96)106(99)69-87)129-122(93)123-105(108)54-60-111(130-123)76-38-35-75(36-39-76)86-47-58-116-109(71-86)119(78-20-5-2-6-21-78)134-125(132-116)94-42-37-74-17-7-8-22-82(74)68-94/h1-73H. The van der Waals surface area contributed by atoms with Crippen molar-refractivity contribution in [3.05, 3.63) is 443 Å². The van der Waals surface area contributed by atoms with Crippen LogP contribution in [-0.2, 0) is 0 Å². The van der Waals surface area contributed by atoms with Crippen LogP contribution in [-0.4, -0.2) is 44.9 Å². The zero-order valence-corrected chi connectivity index (χ0v) is 72.2. The SMILES string of the molecule is c1ccc(-c2nc(-c3ccncc3)nc3ccc(-c4cccc(-c5ccc6ccc7ccc(-c8cccc(-c9ccc%10c(c9)-c9ccc(-c%11cc%12ccc(-c%13cccc(-c%14ccc%15c%16ccccc%16c%16ccccc%16c%15c%14)c%13)nc%12c%12nc(-c%13ccc(-c%14ccc%15nc(-c%16ccc%17ccccc%17c%16)nc(-c%16ccccc%16)c%15c%14)cc%13)ccc%11%12)c%11cccc-%10c9%11)c8)nc7c6n5)c4)cc23)cc1. The molecule has 27 rings (SSSR count). The molecule has 0 bridgehead atoms. The van der Waals surface area contributed by atoms with Crippen molar-refractivity contribution in [1.29, 1.82) is 0 Å². The topological polar surface area (TPSA) is 116 Å². The molecule has 0 atom stereocenters. The highest BCUT2D eigenvalue weighted by molar-refractivity contribution is 6.26. The Labute approximate surface area is 770 Å². The van der Waals surface area contributed by atoms with E-state index in [0.29, 0.717) is 11.6 Å². The Balaban J connectivity index is 0.528. The van der Waals surface area contributed by atoms with Gasteiger partial charge in [-0.3, -0.25) is 4.98 Å². The quantitative estimate of drug-likeness (QED) is 0.104. The van der Waals surface area contributed by atoms with Gasteiger partial charge in [-0.15, -0.1) is 0 Å². The van der Waals surface area contributed by atoms with Crippen molar-refractivity contribution in [2.75, 3.05) is 0 Å². The lowest BCUT2D eigenvalue weighted by atomic mass is 9.90. The minimum Gasteiger partial charge on any atom is -0.265 e. The number of fused-ring (bicyclic) bond motifs is 18. The van der Waals surface area contributed by atoms with Crippen LogP contribution in [0.4, 0.5) is 0 Å². The van der Waals surface area contributed by atoms with E-state index >= 15 is 0 Å². The van der Waals surface area contributed by atoms with Gasteiger partial charge in [-0.2, -0.15) is 0 Å². The van der Waals surface area contributed by atoms with Gasteiger partial charge in [-0.05, 0) is 241 Å². The molecule has 134 heavy (non-hydrogen) atoms. The minimum atomic E-state index is 0.661. The largest absolute Gasteiger partial charge is 0.265 e. The monoisotopic (exact) mass is 1700 g/mol. The van der Waals surface area contributed by atoms with Crippen LogP contribution in [0.25, 0.3) is 287 Å². The molecule has 19 aromatic carbocycles. The Hall–Kier alpha value is -18.1. The second kappa shape index (κ2) is 30.9. The Bertz CT molecular complexity index is 9410. The first-order chi connectivity index (χ1) is 66.3. The molecule has 26 aromatic rings. The fourth-order valence-electron chi connectivity index (χ4n) is 20.6. The Morgan fingerprint density at radius 1 is 0.142 bits per heavy atom. The van der Waals surface area contributed by atoms with Crippen LogP contribution in [0.1, 0.15) is 0 Å². The molecule has 0 radical (unpaired) electrons. The predicted molar refractivity (Wildman–Crippen MR) is 554 cm³/mol. The minimum absolute atomic E-state index is 0.661. The molecule has 0 spiro atoms. The molecule has 1 aliphatic rings. The molecule has 0 amide bonds. The molecule has 7 heterocycles. The number of rotatable bonds is 13. The Kier molecular flexibility index (Phi) is 17.5. The highest BCUT2D eigenvalue weighted by Gasteiger charge is 2.27. The first-order valence-corrected chi connectivity index (χ1v) is 45.4. The molecule has 618 valence electrons.